The first-order valence-corrected chi connectivity index (χ1v) is 7.85. The van der Waals surface area contributed by atoms with Crippen LogP contribution in [0.5, 0.6) is 11.5 Å². The first kappa shape index (κ1) is 14.2. The lowest BCUT2D eigenvalue weighted by Gasteiger charge is -2.11. The van der Waals surface area contributed by atoms with Crippen LogP contribution in [0, 0.1) is 0 Å². The van der Waals surface area contributed by atoms with E-state index in [9.17, 15) is 10.2 Å². The van der Waals surface area contributed by atoms with Crippen molar-refractivity contribution in [3.63, 3.8) is 0 Å². The van der Waals surface area contributed by atoms with Crippen LogP contribution in [0.25, 0.3) is 0 Å². The van der Waals surface area contributed by atoms with E-state index in [1.54, 1.807) is 30.5 Å². The largest absolute Gasteiger partial charge is 0.508 e. The molecule has 0 amide bonds. The van der Waals surface area contributed by atoms with Crippen LogP contribution >= 0.6 is 23.5 Å². The number of phenols is 2. The van der Waals surface area contributed by atoms with Crippen molar-refractivity contribution in [2.24, 2.45) is 0 Å². The molecule has 0 bridgehead atoms. The third kappa shape index (κ3) is 3.66. The van der Waals surface area contributed by atoms with Gasteiger partial charge in [0.1, 0.15) is 17.8 Å². The summed E-state index contributed by atoms with van der Waals surface area (Å²) in [5.74, 6) is 0.472. The number of benzene rings is 2. The maximum Gasteiger partial charge on any atom is 0.189 e. The molecular weight excluding hydrogens is 308 g/mol. The van der Waals surface area contributed by atoms with Gasteiger partial charge in [-0.15, -0.1) is 0 Å². The van der Waals surface area contributed by atoms with E-state index in [1.807, 2.05) is 24.3 Å². The molecule has 0 aliphatic carbocycles. The van der Waals surface area contributed by atoms with E-state index in [1.165, 1.54) is 23.5 Å². The molecule has 1 aliphatic heterocycles. The van der Waals surface area contributed by atoms with Crippen LogP contribution in [0.4, 0.5) is 0 Å². The van der Waals surface area contributed by atoms with Gasteiger partial charge < -0.3 is 15.1 Å². The summed E-state index contributed by atoms with van der Waals surface area (Å²) in [6.07, 6.45) is 1.58. The second-order valence-corrected chi connectivity index (χ2v) is 6.53. The van der Waals surface area contributed by atoms with E-state index < -0.39 is 0 Å². The summed E-state index contributed by atoms with van der Waals surface area (Å²) < 4.78 is 0. The van der Waals surface area contributed by atoms with Crippen LogP contribution in [0.2, 0.25) is 0 Å². The van der Waals surface area contributed by atoms with Crippen LogP contribution in [0.3, 0.4) is 0 Å². The molecule has 1 atom stereocenters. The molecule has 2 aromatic carbocycles. The van der Waals surface area contributed by atoms with Crippen LogP contribution < -0.4 is 0 Å². The Labute approximate surface area is 130 Å². The van der Waals surface area contributed by atoms with Crippen molar-refractivity contribution in [3.05, 3.63) is 59.7 Å². The normalized spacial score (nSPS) is 17.3. The van der Waals surface area contributed by atoms with Crippen LogP contribution in [-0.2, 0) is 9.78 Å². The van der Waals surface area contributed by atoms with Crippen molar-refractivity contribution in [1.29, 1.82) is 0 Å². The fraction of sp³-hybridized carbons (Fsp3) is 0.0667. The summed E-state index contributed by atoms with van der Waals surface area (Å²) in [5.41, 5.74) is -0.256. The molecule has 0 radical (unpaired) electrons. The minimum atomic E-state index is -0.256. The Balaban J connectivity index is 1.67. The molecule has 1 heterocycles. The van der Waals surface area contributed by atoms with Crippen molar-refractivity contribution >= 4 is 23.5 Å². The zero-order chi connectivity index (χ0) is 14.7. The van der Waals surface area contributed by atoms with Crippen molar-refractivity contribution in [2.45, 2.75) is 15.2 Å². The predicted octanol–water partition coefficient (Wildman–Crippen LogP) is 4.11. The van der Waals surface area contributed by atoms with Gasteiger partial charge in [-0.3, -0.25) is 0 Å². The van der Waals surface area contributed by atoms with E-state index in [0.29, 0.717) is 0 Å². The molecule has 2 aromatic rings. The molecule has 0 spiro atoms. The van der Waals surface area contributed by atoms with Crippen molar-refractivity contribution in [1.82, 2.24) is 0 Å². The SMILES string of the molecule is Oc1ccc(SC2=COOC2Sc2ccc(O)cc2)cc1. The van der Waals surface area contributed by atoms with E-state index in [2.05, 4.69) is 0 Å². The van der Waals surface area contributed by atoms with Crippen molar-refractivity contribution in [3.8, 4) is 11.5 Å². The maximum atomic E-state index is 9.29. The Morgan fingerprint density at radius 1 is 0.810 bits per heavy atom. The number of aromatic hydroxyl groups is 2. The summed E-state index contributed by atoms with van der Waals surface area (Å²) in [6.45, 7) is 0. The Kier molecular flexibility index (Phi) is 4.28. The number of rotatable bonds is 4. The fourth-order valence-corrected chi connectivity index (χ4v) is 3.53. The maximum absolute atomic E-state index is 9.29. The highest BCUT2D eigenvalue weighted by Gasteiger charge is 2.25. The minimum Gasteiger partial charge on any atom is -0.508 e. The Morgan fingerprint density at radius 2 is 1.38 bits per heavy atom. The molecule has 0 saturated heterocycles. The van der Waals surface area contributed by atoms with Gasteiger partial charge in [-0.2, -0.15) is 4.89 Å². The molecule has 0 aromatic heterocycles. The predicted molar refractivity (Wildman–Crippen MR) is 82.0 cm³/mol. The number of hydrogen-bond acceptors (Lipinski definition) is 6. The molecule has 6 heteroatoms. The molecule has 2 N–H and O–H groups in total. The summed E-state index contributed by atoms with van der Waals surface area (Å²) in [6, 6.07) is 13.9. The molecule has 3 rings (SSSR count). The van der Waals surface area contributed by atoms with E-state index in [0.717, 1.165) is 14.7 Å². The smallest absolute Gasteiger partial charge is 0.189 e. The third-order valence-corrected chi connectivity index (χ3v) is 4.99. The fourth-order valence-electron chi connectivity index (χ4n) is 1.68. The van der Waals surface area contributed by atoms with Crippen LogP contribution in [-0.4, -0.2) is 15.6 Å². The standard InChI is InChI=1S/C15H12O4S2/c16-10-1-5-12(6-2-10)20-14-9-18-19-15(14)21-13-7-3-11(17)4-8-13/h1-9,15-17H. The second kappa shape index (κ2) is 6.34. The summed E-state index contributed by atoms with van der Waals surface area (Å²) in [5, 5.41) is 18.6. The molecular formula is C15H12O4S2. The average molecular weight is 320 g/mol. The lowest BCUT2D eigenvalue weighted by atomic mass is 10.3. The molecule has 4 nitrogen and oxygen atoms in total. The second-order valence-electron chi connectivity index (χ2n) is 4.25. The first-order valence-electron chi connectivity index (χ1n) is 6.15. The zero-order valence-corrected chi connectivity index (χ0v) is 12.4. The number of phenolic OH excluding ortho intramolecular Hbond substituents is 2. The highest BCUT2D eigenvalue weighted by Crippen LogP contribution is 2.41. The van der Waals surface area contributed by atoms with Crippen molar-refractivity contribution < 1.29 is 20.0 Å². The minimum absolute atomic E-state index is 0.233. The van der Waals surface area contributed by atoms with Gasteiger partial charge in [0.05, 0.1) is 4.91 Å². The lowest BCUT2D eigenvalue weighted by molar-refractivity contribution is -0.231. The van der Waals surface area contributed by atoms with Gasteiger partial charge in [0.15, 0.2) is 5.44 Å². The van der Waals surface area contributed by atoms with Gasteiger partial charge in [-0.05, 0) is 48.5 Å². The summed E-state index contributed by atoms with van der Waals surface area (Å²) >= 11 is 3.01. The van der Waals surface area contributed by atoms with Crippen LogP contribution in [0.15, 0.2) is 69.5 Å². The Hall–Kier alpha value is -1.76. The van der Waals surface area contributed by atoms with Gasteiger partial charge in [-0.25, -0.2) is 0 Å². The highest BCUT2D eigenvalue weighted by molar-refractivity contribution is 8.06. The van der Waals surface area contributed by atoms with E-state index in [4.69, 9.17) is 9.78 Å². The molecule has 108 valence electrons. The van der Waals surface area contributed by atoms with Gasteiger partial charge in [0.25, 0.3) is 0 Å². The number of thioether (sulfide) groups is 2. The Morgan fingerprint density at radius 3 is 2.00 bits per heavy atom. The van der Waals surface area contributed by atoms with Gasteiger partial charge in [0, 0.05) is 9.79 Å². The van der Waals surface area contributed by atoms with Gasteiger partial charge in [-0.1, -0.05) is 23.5 Å². The molecule has 0 saturated carbocycles. The average Bonchev–Trinajstić information content (AvgIpc) is 2.91. The highest BCUT2D eigenvalue weighted by atomic mass is 32.2. The zero-order valence-electron chi connectivity index (χ0n) is 10.8. The summed E-state index contributed by atoms with van der Waals surface area (Å²) in [4.78, 5) is 13.1. The van der Waals surface area contributed by atoms with E-state index in [-0.39, 0.29) is 16.9 Å². The molecule has 1 unspecified atom stereocenters. The molecule has 21 heavy (non-hydrogen) atoms. The third-order valence-electron chi connectivity index (χ3n) is 2.69. The molecule has 0 fully saturated rings. The van der Waals surface area contributed by atoms with E-state index >= 15 is 0 Å². The Bertz CT molecular complexity index is 638. The molecule has 1 aliphatic rings. The first-order chi connectivity index (χ1) is 10.2. The van der Waals surface area contributed by atoms with Gasteiger partial charge >= 0.3 is 0 Å². The lowest BCUT2D eigenvalue weighted by Crippen LogP contribution is -2.01. The van der Waals surface area contributed by atoms with Crippen molar-refractivity contribution in [2.75, 3.05) is 0 Å². The summed E-state index contributed by atoms with van der Waals surface area (Å²) in [7, 11) is 0. The number of hydrogen-bond donors (Lipinski definition) is 2. The topological polar surface area (TPSA) is 58.9 Å². The van der Waals surface area contributed by atoms with Gasteiger partial charge in [0.2, 0.25) is 0 Å². The van der Waals surface area contributed by atoms with Crippen LogP contribution in [0.1, 0.15) is 0 Å². The quantitative estimate of drug-likeness (QED) is 0.827. The monoisotopic (exact) mass is 320 g/mol.